The third kappa shape index (κ3) is 12.5. The lowest BCUT2D eigenvalue weighted by Gasteiger charge is -2.06. The van der Waals surface area contributed by atoms with E-state index in [1.807, 2.05) is 12.4 Å². The summed E-state index contributed by atoms with van der Waals surface area (Å²) >= 11 is 0. The molecule has 35 heavy (non-hydrogen) atoms. The molecule has 0 unspecified atom stereocenters. The number of nitrogens with zero attached hydrogens (tertiary/aromatic N) is 2. The number of hydrogen-bond acceptors (Lipinski definition) is 6. The zero-order valence-corrected chi connectivity index (χ0v) is 21.6. The summed E-state index contributed by atoms with van der Waals surface area (Å²) < 4.78 is 9.81. The Bertz CT molecular complexity index is 850. The highest BCUT2D eigenvalue weighted by Crippen LogP contribution is 2.17. The molecule has 0 aliphatic heterocycles. The van der Waals surface area contributed by atoms with E-state index in [0.29, 0.717) is 6.61 Å². The average molecular weight is 483 g/mol. The fourth-order valence-corrected chi connectivity index (χ4v) is 3.91. The molecule has 0 fully saturated rings. The minimum atomic E-state index is -0.542. The minimum Gasteiger partial charge on any atom is -0.466 e. The first kappa shape index (κ1) is 28.5. The first-order valence-corrected chi connectivity index (χ1v) is 13.3. The van der Waals surface area contributed by atoms with Crippen LogP contribution in [0, 0.1) is 0 Å². The molecule has 0 saturated carbocycles. The number of carbonyl (C=O) groups excluding carboxylic acids is 2. The van der Waals surface area contributed by atoms with Crippen LogP contribution in [0.2, 0.25) is 0 Å². The highest BCUT2D eigenvalue weighted by molar-refractivity contribution is 5.91. The summed E-state index contributed by atoms with van der Waals surface area (Å²) in [5, 5.41) is 0. The van der Waals surface area contributed by atoms with Gasteiger partial charge in [-0.3, -0.25) is 9.59 Å². The molecule has 6 heteroatoms. The largest absolute Gasteiger partial charge is 0.466 e. The first-order chi connectivity index (χ1) is 17.1. The van der Waals surface area contributed by atoms with E-state index >= 15 is 0 Å². The number of esters is 2. The summed E-state index contributed by atoms with van der Waals surface area (Å²) in [5.41, 5.74) is 3.44. The monoisotopic (exact) mass is 482 g/mol. The maximum Gasteiger partial charge on any atom is 0.317 e. The van der Waals surface area contributed by atoms with Gasteiger partial charge in [0.1, 0.15) is 6.42 Å². The molecule has 0 amide bonds. The lowest BCUT2D eigenvalue weighted by molar-refractivity contribution is -0.154. The van der Waals surface area contributed by atoms with E-state index in [1.54, 1.807) is 6.92 Å². The van der Waals surface area contributed by atoms with Gasteiger partial charge in [0.2, 0.25) is 0 Å². The molecule has 0 N–H and O–H groups in total. The number of aryl methyl sites for hydroxylation is 2. The molecule has 2 aromatic rings. The Balaban J connectivity index is 1.62. The van der Waals surface area contributed by atoms with Crippen LogP contribution < -0.4 is 0 Å². The van der Waals surface area contributed by atoms with Crippen molar-refractivity contribution in [2.24, 2.45) is 0 Å². The van der Waals surface area contributed by atoms with Crippen LogP contribution in [0.3, 0.4) is 0 Å². The van der Waals surface area contributed by atoms with Gasteiger partial charge in [0.05, 0.1) is 13.2 Å². The van der Waals surface area contributed by atoms with Crippen molar-refractivity contribution in [3.63, 3.8) is 0 Å². The number of hydrogen-bond donors (Lipinski definition) is 0. The SMILES string of the molecule is CCCCCCCCCCc1cnc(-c2ccc(CCCCOC(=O)CC(=O)OCC)cc2)nc1. The van der Waals surface area contributed by atoms with Crippen molar-refractivity contribution >= 4 is 11.9 Å². The lowest BCUT2D eigenvalue weighted by atomic mass is 10.0. The number of benzene rings is 1. The Morgan fingerprint density at radius 3 is 1.91 bits per heavy atom. The molecule has 2 rings (SSSR count). The summed E-state index contributed by atoms with van der Waals surface area (Å²) in [4.78, 5) is 31.9. The van der Waals surface area contributed by atoms with Gasteiger partial charge in [-0.15, -0.1) is 0 Å². The van der Waals surface area contributed by atoms with Crippen molar-refractivity contribution in [1.82, 2.24) is 9.97 Å². The summed E-state index contributed by atoms with van der Waals surface area (Å²) in [7, 11) is 0. The van der Waals surface area contributed by atoms with Gasteiger partial charge in [-0.05, 0) is 50.2 Å². The summed E-state index contributed by atoms with van der Waals surface area (Å²) in [5.74, 6) is -0.318. The summed E-state index contributed by atoms with van der Waals surface area (Å²) in [6.07, 6.45) is 17.8. The van der Waals surface area contributed by atoms with Crippen LogP contribution in [0.4, 0.5) is 0 Å². The molecule has 192 valence electrons. The summed E-state index contributed by atoms with van der Waals surface area (Å²) in [6, 6.07) is 8.31. The lowest BCUT2D eigenvalue weighted by Crippen LogP contribution is -2.14. The van der Waals surface area contributed by atoms with Crippen LogP contribution in [-0.4, -0.2) is 35.1 Å². The predicted octanol–water partition coefficient (Wildman–Crippen LogP) is 6.65. The molecule has 0 aliphatic carbocycles. The van der Waals surface area contributed by atoms with E-state index in [1.165, 1.54) is 62.5 Å². The van der Waals surface area contributed by atoms with E-state index in [9.17, 15) is 9.59 Å². The molecule has 0 atom stereocenters. The van der Waals surface area contributed by atoms with Gasteiger partial charge in [0.25, 0.3) is 0 Å². The van der Waals surface area contributed by atoms with Crippen LogP contribution in [0.25, 0.3) is 11.4 Å². The zero-order chi connectivity index (χ0) is 25.1. The standard InChI is InChI=1S/C29H42N2O4/c1-3-5-6-7-8-9-10-11-15-25-22-30-29(31-23-25)26-18-16-24(17-19-26)14-12-13-20-35-28(33)21-27(32)34-4-2/h16-19,22-23H,3-15,20-21H2,1-2H3. The average Bonchev–Trinajstić information content (AvgIpc) is 2.86. The first-order valence-electron chi connectivity index (χ1n) is 13.3. The van der Waals surface area contributed by atoms with Crippen LogP contribution >= 0.6 is 0 Å². The van der Waals surface area contributed by atoms with Crippen LogP contribution in [0.15, 0.2) is 36.7 Å². The quantitative estimate of drug-likeness (QED) is 0.134. The smallest absolute Gasteiger partial charge is 0.317 e. The second-order valence-electron chi connectivity index (χ2n) is 9.00. The molecule has 0 bridgehead atoms. The predicted molar refractivity (Wildman–Crippen MR) is 139 cm³/mol. The molecular weight excluding hydrogens is 440 g/mol. The van der Waals surface area contributed by atoms with Gasteiger partial charge in [-0.2, -0.15) is 0 Å². The van der Waals surface area contributed by atoms with Gasteiger partial charge < -0.3 is 9.47 Å². The zero-order valence-electron chi connectivity index (χ0n) is 21.6. The van der Waals surface area contributed by atoms with E-state index in [2.05, 4.69) is 41.2 Å². The van der Waals surface area contributed by atoms with Crippen molar-refractivity contribution in [2.45, 2.75) is 97.3 Å². The third-order valence-electron chi connectivity index (χ3n) is 5.95. The van der Waals surface area contributed by atoms with E-state index < -0.39 is 11.9 Å². The number of unbranched alkanes of at least 4 members (excludes halogenated alkanes) is 8. The van der Waals surface area contributed by atoms with Gasteiger partial charge in [-0.25, -0.2) is 9.97 Å². The van der Waals surface area contributed by atoms with Crippen LogP contribution in [-0.2, 0) is 31.9 Å². The fourth-order valence-electron chi connectivity index (χ4n) is 3.91. The molecule has 1 aromatic heterocycles. The number of rotatable bonds is 18. The molecule has 0 aliphatic rings. The Morgan fingerprint density at radius 2 is 1.26 bits per heavy atom. The van der Waals surface area contributed by atoms with Gasteiger partial charge >= 0.3 is 11.9 Å². The minimum absolute atomic E-state index is 0.266. The molecule has 1 heterocycles. The highest BCUT2D eigenvalue weighted by Gasteiger charge is 2.11. The maximum atomic E-state index is 11.5. The van der Waals surface area contributed by atoms with Crippen molar-refractivity contribution < 1.29 is 19.1 Å². The molecular formula is C29H42N2O4. The topological polar surface area (TPSA) is 78.4 Å². The van der Waals surface area contributed by atoms with Crippen molar-refractivity contribution in [3.05, 3.63) is 47.8 Å². The molecule has 1 aromatic carbocycles. The molecule has 0 radical (unpaired) electrons. The summed E-state index contributed by atoms with van der Waals surface area (Å²) in [6.45, 7) is 4.54. The number of carbonyl (C=O) groups is 2. The Hall–Kier alpha value is -2.76. The second-order valence-corrected chi connectivity index (χ2v) is 9.00. The Kier molecular flexibility index (Phi) is 14.4. The second kappa shape index (κ2) is 17.6. The maximum absolute atomic E-state index is 11.5. The molecule has 6 nitrogen and oxygen atoms in total. The number of aromatic nitrogens is 2. The highest BCUT2D eigenvalue weighted by atomic mass is 16.6. The molecule has 0 spiro atoms. The Labute approximate surface area is 210 Å². The van der Waals surface area contributed by atoms with Crippen LogP contribution in [0.5, 0.6) is 0 Å². The van der Waals surface area contributed by atoms with Crippen molar-refractivity contribution in [2.75, 3.05) is 13.2 Å². The fraction of sp³-hybridized carbons (Fsp3) is 0.586. The number of ether oxygens (including phenoxy) is 2. The van der Waals surface area contributed by atoms with Crippen LogP contribution in [0.1, 0.15) is 95.6 Å². The van der Waals surface area contributed by atoms with Gasteiger partial charge in [0, 0.05) is 18.0 Å². The van der Waals surface area contributed by atoms with E-state index in [-0.39, 0.29) is 13.0 Å². The molecule has 0 saturated heterocycles. The van der Waals surface area contributed by atoms with E-state index in [4.69, 9.17) is 9.47 Å². The van der Waals surface area contributed by atoms with Crippen molar-refractivity contribution in [3.8, 4) is 11.4 Å². The Morgan fingerprint density at radius 1 is 0.686 bits per heavy atom. The third-order valence-corrected chi connectivity index (χ3v) is 5.95. The normalized spacial score (nSPS) is 10.8. The van der Waals surface area contributed by atoms with Crippen molar-refractivity contribution in [1.29, 1.82) is 0 Å². The van der Waals surface area contributed by atoms with Gasteiger partial charge in [0.15, 0.2) is 5.82 Å². The van der Waals surface area contributed by atoms with E-state index in [0.717, 1.165) is 37.1 Å². The van der Waals surface area contributed by atoms with Gasteiger partial charge in [-0.1, -0.05) is 76.1 Å².